The van der Waals surface area contributed by atoms with Gasteiger partial charge in [0.05, 0.1) is 6.20 Å². The number of hydrogen-bond donors (Lipinski definition) is 0. The Morgan fingerprint density at radius 3 is 2.60 bits per heavy atom. The topological polar surface area (TPSA) is 54.5 Å². The minimum Gasteiger partial charge on any atom is -0.354 e. The van der Waals surface area contributed by atoms with E-state index in [-0.39, 0.29) is 0 Å². The van der Waals surface area contributed by atoms with Crippen molar-refractivity contribution in [2.75, 3.05) is 37.6 Å². The van der Waals surface area contributed by atoms with Crippen molar-refractivity contribution in [2.24, 2.45) is 5.92 Å². The number of hydrogen-bond acceptors (Lipinski definition) is 5. The molecule has 0 atom stereocenters. The van der Waals surface area contributed by atoms with Crippen LogP contribution in [-0.2, 0) is 0 Å². The van der Waals surface area contributed by atoms with E-state index in [1.54, 1.807) is 6.20 Å². The van der Waals surface area contributed by atoms with Gasteiger partial charge in [-0.15, -0.1) is 0 Å². The zero-order valence-electron chi connectivity index (χ0n) is 15.1. The zero-order chi connectivity index (χ0) is 17.4. The van der Waals surface area contributed by atoms with Crippen molar-refractivity contribution in [2.45, 2.75) is 20.8 Å². The number of imidazole rings is 1. The molecule has 7 heteroatoms. The highest BCUT2D eigenvalue weighted by Crippen LogP contribution is 2.21. The number of piperazine rings is 1. The smallest absolute Gasteiger partial charge is 0.159 e. The molecule has 0 amide bonds. The third-order valence-corrected chi connectivity index (χ3v) is 4.72. The molecule has 4 rings (SSSR count). The van der Waals surface area contributed by atoms with Crippen LogP contribution in [0.1, 0.15) is 19.7 Å². The predicted molar refractivity (Wildman–Crippen MR) is 98.3 cm³/mol. The molecule has 0 aromatic carbocycles. The van der Waals surface area contributed by atoms with Crippen LogP contribution < -0.4 is 4.90 Å². The molecule has 4 heterocycles. The molecule has 0 aliphatic carbocycles. The summed E-state index contributed by atoms with van der Waals surface area (Å²) in [7, 11) is 0. The van der Waals surface area contributed by atoms with Crippen molar-refractivity contribution in [3.8, 4) is 5.82 Å². The largest absolute Gasteiger partial charge is 0.354 e. The van der Waals surface area contributed by atoms with E-state index in [1.807, 2.05) is 29.9 Å². The minimum absolute atomic E-state index is 0.712. The lowest BCUT2D eigenvalue weighted by atomic mass is 10.2. The highest BCUT2D eigenvalue weighted by molar-refractivity contribution is 5.54. The molecule has 1 saturated heterocycles. The van der Waals surface area contributed by atoms with Crippen molar-refractivity contribution < 1.29 is 0 Å². The first kappa shape index (κ1) is 16.1. The van der Waals surface area contributed by atoms with Crippen LogP contribution in [0.25, 0.3) is 11.5 Å². The summed E-state index contributed by atoms with van der Waals surface area (Å²) in [4.78, 5) is 14.1. The van der Waals surface area contributed by atoms with Crippen molar-refractivity contribution in [3.63, 3.8) is 0 Å². The van der Waals surface area contributed by atoms with E-state index in [1.165, 1.54) is 6.54 Å². The van der Waals surface area contributed by atoms with Gasteiger partial charge in [0.25, 0.3) is 0 Å². The fourth-order valence-electron chi connectivity index (χ4n) is 3.51. The highest BCUT2D eigenvalue weighted by Gasteiger charge is 2.20. The second kappa shape index (κ2) is 6.48. The van der Waals surface area contributed by atoms with Gasteiger partial charge in [0.2, 0.25) is 0 Å². The third kappa shape index (κ3) is 3.11. The summed E-state index contributed by atoms with van der Waals surface area (Å²) in [6.07, 6.45) is 5.58. The number of fused-ring (bicyclic) bond motifs is 1. The summed E-state index contributed by atoms with van der Waals surface area (Å²) < 4.78 is 3.92. The number of aromatic nitrogens is 5. The molecule has 25 heavy (non-hydrogen) atoms. The Hall–Kier alpha value is -2.41. The van der Waals surface area contributed by atoms with Gasteiger partial charge >= 0.3 is 0 Å². The summed E-state index contributed by atoms with van der Waals surface area (Å²) in [5, 5.41) is 4.43. The van der Waals surface area contributed by atoms with E-state index >= 15 is 0 Å². The van der Waals surface area contributed by atoms with Crippen molar-refractivity contribution >= 4 is 11.5 Å². The molecule has 0 spiro atoms. The lowest BCUT2D eigenvalue weighted by Gasteiger charge is -2.36. The molecule has 3 aromatic rings. The zero-order valence-corrected chi connectivity index (χ0v) is 15.1. The van der Waals surface area contributed by atoms with Crippen LogP contribution in [0.2, 0.25) is 0 Å². The molecule has 1 aliphatic rings. The normalized spacial score (nSPS) is 16.2. The van der Waals surface area contributed by atoms with Gasteiger partial charge < -0.3 is 4.90 Å². The average molecular weight is 339 g/mol. The number of nitrogens with zero attached hydrogens (tertiary/aromatic N) is 7. The van der Waals surface area contributed by atoms with Crippen LogP contribution in [0.5, 0.6) is 0 Å². The first-order valence-electron chi connectivity index (χ1n) is 8.94. The van der Waals surface area contributed by atoms with E-state index in [9.17, 15) is 0 Å². The first-order valence-corrected chi connectivity index (χ1v) is 8.94. The van der Waals surface area contributed by atoms with Gasteiger partial charge in [-0.05, 0) is 12.8 Å². The summed E-state index contributed by atoms with van der Waals surface area (Å²) in [6, 6.07) is 4.07. The standard InChI is InChI=1S/C18H25N7/c1-14(2)13-22-8-10-23(11-9-22)17-12-18(24-7-6-19-15(24)3)25-16(21-17)4-5-20-25/h4-7,12,14H,8-11,13H2,1-3H3. The molecule has 0 unspecified atom stereocenters. The Morgan fingerprint density at radius 1 is 1.12 bits per heavy atom. The van der Waals surface area contributed by atoms with Crippen LogP contribution in [0.4, 0.5) is 5.82 Å². The van der Waals surface area contributed by atoms with Gasteiger partial charge in [0.1, 0.15) is 17.5 Å². The monoisotopic (exact) mass is 339 g/mol. The van der Waals surface area contributed by atoms with Crippen LogP contribution >= 0.6 is 0 Å². The lowest BCUT2D eigenvalue weighted by molar-refractivity contribution is 0.231. The van der Waals surface area contributed by atoms with Crippen molar-refractivity contribution in [1.82, 2.24) is 29.0 Å². The van der Waals surface area contributed by atoms with Crippen molar-refractivity contribution in [1.29, 1.82) is 0 Å². The van der Waals surface area contributed by atoms with Crippen LogP contribution in [0.15, 0.2) is 30.7 Å². The molecule has 7 nitrogen and oxygen atoms in total. The van der Waals surface area contributed by atoms with E-state index in [0.717, 1.165) is 49.3 Å². The van der Waals surface area contributed by atoms with Gasteiger partial charge in [-0.2, -0.15) is 9.61 Å². The second-order valence-electron chi connectivity index (χ2n) is 7.10. The SMILES string of the molecule is Cc1nccn1-c1cc(N2CCN(CC(C)C)CC2)nc2ccnn12. The second-order valence-corrected chi connectivity index (χ2v) is 7.10. The number of aryl methyl sites for hydroxylation is 1. The molecule has 1 aliphatic heterocycles. The van der Waals surface area contributed by atoms with E-state index in [4.69, 9.17) is 4.98 Å². The Kier molecular flexibility index (Phi) is 4.17. The maximum atomic E-state index is 4.82. The number of anilines is 1. The molecule has 0 N–H and O–H groups in total. The number of rotatable bonds is 4. The fraction of sp³-hybridized carbons (Fsp3) is 0.500. The fourth-order valence-corrected chi connectivity index (χ4v) is 3.51. The highest BCUT2D eigenvalue weighted by atomic mass is 15.3. The Balaban J connectivity index is 1.64. The van der Waals surface area contributed by atoms with Gasteiger partial charge in [-0.1, -0.05) is 13.8 Å². The maximum absolute atomic E-state index is 4.82. The summed E-state index contributed by atoms with van der Waals surface area (Å²) >= 11 is 0. The lowest BCUT2D eigenvalue weighted by Crippen LogP contribution is -2.47. The van der Waals surface area contributed by atoms with Crippen LogP contribution in [0.3, 0.4) is 0 Å². The first-order chi connectivity index (χ1) is 12.1. The minimum atomic E-state index is 0.712. The molecule has 0 bridgehead atoms. The molecule has 0 saturated carbocycles. The summed E-state index contributed by atoms with van der Waals surface area (Å²) in [5.74, 6) is 3.64. The molecular weight excluding hydrogens is 314 g/mol. The summed E-state index contributed by atoms with van der Waals surface area (Å²) in [5.41, 5.74) is 0.866. The van der Waals surface area contributed by atoms with Crippen LogP contribution in [-0.4, -0.2) is 61.8 Å². The van der Waals surface area contributed by atoms with Gasteiger partial charge in [0, 0.05) is 57.3 Å². The quantitative estimate of drug-likeness (QED) is 0.728. The Bertz CT molecular complexity index is 855. The van der Waals surface area contributed by atoms with Gasteiger partial charge in [-0.3, -0.25) is 9.47 Å². The van der Waals surface area contributed by atoms with Crippen LogP contribution in [0, 0.1) is 12.8 Å². The van der Waals surface area contributed by atoms with Crippen molar-refractivity contribution in [3.05, 3.63) is 36.5 Å². The van der Waals surface area contributed by atoms with E-state index in [2.05, 4.69) is 44.4 Å². The van der Waals surface area contributed by atoms with E-state index in [0.29, 0.717) is 5.92 Å². The predicted octanol–water partition coefficient (Wildman–Crippen LogP) is 2.00. The molecular formula is C18H25N7. The van der Waals surface area contributed by atoms with E-state index < -0.39 is 0 Å². The molecule has 0 radical (unpaired) electrons. The third-order valence-electron chi connectivity index (χ3n) is 4.72. The summed E-state index contributed by atoms with van der Waals surface area (Å²) in [6.45, 7) is 11.9. The van der Waals surface area contributed by atoms with Gasteiger partial charge in [0.15, 0.2) is 5.65 Å². The van der Waals surface area contributed by atoms with Gasteiger partial charge in [-0.25, -0.2) is 9.97 Å². The Labute approximate surface area is 147 Å². The molecule has 3 aromatic heterocycles. The Morgan fingerprint density at radius 2 is 1.92 bits per heavy atom. The molecule has 132 valence electrons. The average Bonchev–Trinajstić information content (AvgIpc) is 3.22. The maximum Gasteiger partial charge on any atom is 0.159 e. The molecule has 1 fully saturated rings.